The van der Waals surface area contributed by atoms with E-state index in [1.807, 2.05) is 0 Å². The van der Waals surface area contributed by atoms with Crippen molar-refractivity contribution in [2.45, 2.75) is 44.2 Å². The molecule has 35 heavy (non-hydrogen) atoms. The van der Waals surface area contributed by atoms with Gasteiger partial charge in [-0.25, -0.2) is 0 Å². The monoisotopic (exact) mass is 504 g/mol. The second kappa shape index (κ2) is 9.85. The Hall–Kier alpha value is -3.13. The van der Waals surface area contributed by atoms with Crippen LogP contribution in [-0.2, 0) is 9.59 Å². The van der Waals surface area contributed by atoms with E-state index in [2.05, 4.69) is 10.3 Å². The lowest BCUT2D eigenvalue weighted by molar-refractivity contribution is -0.178. The van der Waals surface area contributed by atoms with E-state index < -0.39 is 29.9 Å². The fraction of sp³-hybridized carbons (Fsp3) is 0.346. The Balaban J connectivity index is 1.68. The Morgan fingerprint density at radius 3 is 2.51 bits per heavy atom. The second-order valence-electron chi connectivity index (χ2n) is 9.04. The highest BCUT2D eigenvalue weighted by molar-refractivity contribution is 6.33. The molecule has 2 aromatic carbocycles. The van der Waals surface area contributed by atoms with Crippen LogP contribution in [0.3, 0.4) is 0 Å². The minimum Gasteiger partial charge on any atom is -0.481 e. The lowest BCUT2D eigenvalue weighted by Crippen LogP contribution is -2.34. The molecule has 1 heterocycles. The van der Waals surface area contributed by atoms with Crippen molar-refractivity contribution in [3.63, 3.8) is 0 Å². The number of nitrogens with one attached hydrogen (secondary N) is 1. The van der Waals surface area contributed by atoms with Crippen LogP contribution in [0.2, 0.25) is 5.02 Å². The maximum absolute atomic E-state index is 13.8. The normalized spacial score (nSPS) is 16.5. The van der Waals surface area contributed by atoms with E-state index in [0.717, 1.165) is 19.8 Å². The van der Waals surface area contributed by atoms with E-state index in [-0.39, 0.29) is 34.5 Å². The number of carbonyl (C=O) groups excluding carboxylic acids is 1. The van der Waals surface area contributed by atoms with Gasteiger partial charge in [0, 0.05) is 11.6 Å². The van der Waals surface area contributed by atoms with E-state index >= 15 is 0 Å². The summed E-state index contributed by atoms with van der Waals surface area (Å²) in [7, 11) is 0. The molecule has 1 saturated carbocycles. The van der Waals surface area contributed by atoms with Crippen molar-refractivity contribution >= 4 is 40.1 Å². The molecule has 0 aliphatic heterocycles. The van der Waals surface area contributed by atoms with Crippen LogP contribution in [0.4, 0.5) is 18.9 Å². The number of alkyl halides is 3. The van der Waals surface area contributed by atoms with E-state index in [0.29, 0.717) is 16.5 Å². The number of carboxylic acids is 1. The van der Waals surface area contributed by atoms with E-state index in [1.165, 1.54) is 12.3 Å². The smallest absolute Gasteiger partial charge is 0.392 e. The van der Waals surface area contributed by atoms with Gasteiger partial charge in [-0.05, 0) is 60.1 Å². The molecular weight excluding hydrogens is 481 g/mol. The van der Waals surface area contributed by atoms with Gasteiger partial charge in [-0.3, -0.25) is 14.6 Å². The molecule has 0 spiro atoms. The zero-order valence-electron chi connectivity index (χ0n) is 18.8. The number of halogens is 4. The maximum Gasteiger partial charge on any atom is 0.392 e. The van der Waals surface area contributed by atoms with Crippen LogP contribution in [0.25, 0.3) is 10.9 Å². The molecule has 5 nitrogen and oxygen atoms in total. The number of benzene rings is 2. The summed E-state index contributed by atoms with van der Waals surface area (Å²) < 4.78 is 41.3. The molecule has 1 fully saturated rings. The molecule has 184 valence electrons. The van der Waals surface area contributed by atoms with Gasteiger partial charge in [-0.15, -0.1) is 0 Å². The highest BCUT2D eigenvalue weighted by Gasteiger charge is 2.45. The van der Waals surface area contributed by atoms with Gasteiger partial charge in [0.1, 0.15) is 0 Å². The summed E-state index contributed by atoms with van der Waals surface area (Å²) >= 11 is 6.28. The van der Waals surface area contributed by atoms with Gasteiger partial charge >= 0.3 is 12.1 Å². The number of hydrogen-bond acceptors (Lipinski definition) is 3. The average molecular weight is 505 g/mol. The lowest BCUT2D eigenvalue weighted by atomic mass is 9.86. The summed E-state index contributed by atoms with van der Waals surface area (Å²) in [5.74, 6) is -5.39. The summed E-state index contributed by atoms with van der Waals surface area (Å²) in [4.78, 5) is 28.9. The first-order valence-electron chi connectivity index (χ1n) is 11.3. The zero-order valence-corrected chi connectivity index (χ0v) is 19.6. The van der Waals surface area contributed by atoms with Crippen molar-refractivity contribution in [2.75, 3.05) is 5.32 Å². The molecule has 4 rings (SSSR count). The summed E-state index contributed by atoms with van der Waals surface area (Å²) in [6.07, 6.45) is -1.60. The van der Waals surface area contributed by atoms with Gasteiger partial charge in [0.05, 0.1) is 34.5 Å². The predicted molar refractivity (Wildman–Crippen MR) is 128 cm³/mol. The lowest BCUT2D eigenvalue weighted by Gasteiger charge is -2.26. The number of anilines is 1. The highest BCUT2D eigenvalue weighted by atomic mass is 35.5. The standard InChI is InChI=1S/C26H24ClF3N2O3/c1-14(26(28,29)30)24(18-10-17-4-2-3-5-21(17)31-13-18)25(35)32-22-11-16(8-9-20(22)27)19(12-23(33)34)15-6-7-15/h2-5,8-11,13-15,19,24H,6-7,12H2,1H3,(H,32,35)(H,33,34)/t14-,19+,24+/m1/s1. The van der Waals surface area contributed by atoms with Crippen LogP contribution in [0.5, 0.6) is 0 Å². The molecule has 3 atom stereocenters. The summed E-state index contributed by atoms with van der Waals surface area (Å²) in [5.41, 5.74) is 1.58. The van der Waals surface area contributed by atoms with E-state index in [1.54, 1.807) is 42.5 Å². The third kappa shape index (κ3) is 5.75. The molecule has 0 radical (unpaired) electrons. The number of fused-ring (bicyclic) bond motifs is 1. The number of nitrogens with zero attached hydrogens (tertiary/aromatic N) is 1. The zero-order chi connectivity index (χ0) is 25.3. The molecule has 0 bridgehead atoms. The Bertz CT molecular complexity index is 1260. The number of rotatable bonds is 8. The predicted octanol–water partition coefficient (Wildman–Crippen LogP) is 6.78. The van der Waals surface area contributed by atoms with Gasteiger partial charge < -0.3 is 10.4 Å². The number of aliphatic carboxylic acids is 1. The van der Waals surface area contributed by atoms with E-state index in [9.17, 15) is 27.9 Å². The SMILES string of the molecule is C[C@H]([C@H](C(=O)Nc1cc([C@@H](CC(=O)O)C2CC2)ccc1Cl)c1cnc2ccccc2c1)C(F)(F)F. The fourth-order valence-corrected chi connectivity index (χ4v) is 4.60. The molecule has 0 unspecified atom stereocenters. The summed E-state index contributed by atoms with van der Waals surface area (Å²) in [5, 5.41) is 12.6. The van der Waals surface area contributed by atoms with Crippen molar-refractivity contribution < 1.29 is 27.9 Å². The van der Waals surface area contributed by atoms with Crippen LogP contribution in [0, 0.1) is 11.8 Å². The van der Waals surface area contributed by atoms with Gasteiger partial charge in [0.2, 0.25) is 5.91 Å². The second-order valence-corrected chi connectivity index (χ2v) is 9.45. The fourth-order valence-electron chi connectivity index (χ4n) is 4.44. The summed E-state index contributed by atoms with van der Waals surface area (Å²) in [6.45, 7) is 0.966. The first-order chi connectivity index (χ1) is 16.5. The van der Waals surface area contributed by atoms with Crippen molar-refractivity contribution in [1.29, 1.82) is 0 Å². The molecule has 9 heteroatoms. The van der Waals surface area contributed by atoms with Crippen LogP contribution in [0.1, 0.15) is 49.1 Å². The van der Waals surface area contributed by atoms with Crippen LogP contribution in [0.15, 0.2) is 54.7 Å². The van der Waals surface area contributed by atoms with Gasteiger partial charge in [-0.1, -0.05) is 42.8 Å². The molecule has 0 saturated heterocycles. The van der Waals surface area contributed by atoms with Crippen molar-refractivity contribution in [3.8, 4) is 0 Å². The topological polar surface area (TPSA) is 79.3 Å². The highest BCUT2D eigenvalue weighted by Crippen LogP contribution is 2.46. The van der Waals surface area contributed by atoms with Crippen molar-refractivity contribution in [3.05, 3.63) is 70.9 Å². The number of carboxylic acid groups (broad SMARTS) is 1. The van der Waals surface area contributed by atoms with Gasteiger partial charge in [-0.2, -0.15) is 13.2 Å². The quantitative estimate of drug-likeness (QED) is 0.354. The number of hydrogen-bond donors (Lipinski definition) is 2. The number of aromatic nitrogens is 1. The van der Waals surface area contributed by atoms with Crippen LogP contribution < -0.4 is 5.32 Å². The van der Waals surface area contributed by atoms with Gasteiger partial charge in [0.25, 0.3) is 0 Å². The molecule has 1 aliphatic rings. The first-order valence-corrected chi connectivity index (χ1v) is 11.7. The number of amides is 1. The third-order valence-corrected chi connectivity index (χ3v) is 6.86. The van der Waals surface area contributed by atoms with Crippen LogP contribution in [-0.4, -0.2) is 28.1 Å². The average Bonchev–Trinajstić information content (AvgIpc) is 3.64. The molecule has 1 amide bonds. The van der Waals surface area contributed by atoms with Crippen molar-refractivity contribution in [1.82, 2.24) is 4.98 Å². The Morgan fingerprint density at radius 1 is 1.14 bits per heavy atom. The number of para-hydroxylation sites is 1. The molecule has 1 aromatic heterocycles. The number of pyridine rings is 1. The van der Waals surface area contributed by atoms with Crippen molar-refractivity contribution in [2.24, 2.45) is 11.8 Å². The largest absolute Gasteiger partial charge is 0.481 e. The molecule has 2 N–H and O–H groups in total. The molecule has 3 aromatic rings. The first kappa shape index (κ1) is 25.0. The minimum atomic E-state index is -4.63. The Morgan fingerprint density at radius 2 is 1.86 bits per heavy atom. The maximum atomic E-state index is 13.8. The summed E-state index contributed by atoms with van der Waals surface area (Å²) in [6, 6.07) is 13.3. The Labute approximate surface area is 205 Å². The van der Waals surface area contributed by atoms with Crippen LogP contribution >= 0.6 is 11.6 Å². The minimum absolute atomic E-state index is 0.0732. The third-order valence-electron chi connectivity index (χ3n) is 6.53. The molecular formula is C26H24ClF3N2O3. The number of carbonyl (C=O) groups is 2. The van der Waals surface area contributed by atoms with Gasteiger partial charge in [0.15, 0.2) is 0 Å². The van der Waals surface area contributed by atoms with E-state index in [4.69, 9.17) is 11.6 Å². The molecule has 1 aliphatic carbocycles. The Kier molecular flexibility index (Phi) is 7.03.